The summed E-state index contributed by atoms with van der Waals surface area (Å²) in [7, 11) is 0. The first-order chi connectivity index (χ1) is 9.67. The van der Waals surface area contributed by atoms with E-state index >= 15 is 0 Å². The van der Waals surface area contributed by atoms with Crippen LogP contribution in [-0.4, -0.2) is 5.91 Å². The standard InChI is InChI=1S/C16H15ClFNO/c17-10-12-4-6-13(7-5-12)11-19-16(20)9-14-2-1-3-15(18)8-14/h1-8H,9-11H2,(H,19,20). The number of carbonyl (C=O) groups excluding carboxylic acids is 1. The fraction of sp³-hybridized carbons (Fsp3) is 0.188. The first-order valence-electron chi connectivity index (χ1n) is 6.32. The third-order valence-electron chi connectivity index (χ3n) is 2.92. The number of benzene rings is 2. The molecule has 4 heteroatoms. The van der Waals surface area contributed by atoms with Crippen LogP contribution in [0.25, 0.3) is 0 Å². The lowest BCUT2D eigenvalue weighted by Gasteiger charge is -2.06. The number of halogens is 2. The zero-order chi connectivity index (χ0) is 14.4. The smallest absolute Gasteiger partial charge is 0.224 e. The Labute approximate surface area is 122 Å². The van der Waals surface area contributed by atoms with Crippen molar-refractivity contribution in [2.75, 3.05) is 0 Å². The summed E-state index contributed by atoms with van der Waals surface area (Å²) in [5.74, 6) is 0.0237. The lowest BCUT2D eigenvalue weighted by atomic mass is 10.1. The van der Waals surface area contributed by atoms with Crippen molar-refractivity contribution in [2.45, 2.75) is 18.8 Å². The Morgan fingerprint density at radius 2 is 1.75 bits per heavy atom. The predicted molar refractivity (Wildman–Crippen MR) is 77.9 cm³/mol. The van der Waals surface area contributed by atoms with Crippen molar-refractivity contribution in [1.82, 2.24) is 5.32 Å². The van der Waals surface area contributed by atoms with E-state index in [4.69, 9.17) is 11.6 Å². The third kappa shape index (κ3) is 4.35. The molecule has 0 aliphatic carbocycles. The van der Waals surface area contributed by atoms with Gasteiger partial charge in [0.05, 0.1) is 6.42 Å². The maximum atomic E-state index is 13.0. The molecule has 0 unspecified atom stereocenters. The van der Waals surface area contributed by atoms with E-state index in [-0.39, 0.29) is 18.1 Å². The van der Waals surface area contributed by atoms with Gasteiger partial charge >= 0.3 is 0 Å². The molecule has 2 aromatic carbocycles. The lowest BCUT2D eigenvalue weighted by molar-refractivity contribution is -0.120. The van der Waals surface area contributed by atoms with Gasteiger partial charge in [0.2, 0.25) is 5.91 Å². The van der Waals surface area contributed by atoms with E-state index in [1.54, 1.807) is 12.1 Å². The predicted octanol–water partition coefficient (Wildman–Crippen LogP) is 3.42. The van der Waals surface area contributed by atoms with Gasteiger partial charge in [0.25, 0.3) is 0 Å². The molecule has 0 radical (unpaired) electrons. The summed E-state index contributed by atoms with van der Waals surface area (Å²) < 4.78 is 13.0. The Balaban J connectivity index is 1.85. The minimum atomic E-state index is -0.327. The molecule has 0 atom stereocenters. The van der Waals surface area contributed by atoms with Crippen LogP contribution in [0.15, 0.2) is 48.5 Å². The number of nitrogens with one attached hydrogen (secondary N) is 1. The van der Waals surface area contributed by atoms with Crippen molar-refractivity contribution in [2.24, 2.45) is 0 Å². The first-order valence-corrected chi connectivity index (χ1v) is 6.86. The number of rotatable bonds is 5. The van der Waals surface area contributed by atoms with Gasteiger partial charge in [0, 0.05) is 12.4 Å². The lowest BCUT2D eigenvalue weighted by Crippen LogP contribution is -2.24. The van der Waals surface area contributed by atoms with E-state index in [1.165, 1.54) is 12.1 Å². The van der Waals surface area contributed by atoms with Crippen LogP contribution < -0.4 is 5.32 Å². The molecule has 0 spiro atoms. The highest BCUT2D eigenvalue weighted by molar-refractivity contribution is 6.17. The number of alkyl halides is 1. The van der Waals surface area contributed by atoms with Crippen LogP contribution in [0.3, 0.4) is 0 Å². The summed E-state index contributed by atoms with van der Waals surface area (Å²) >= 11 is 5.71. The van der Waals surface area contributed by atoms with Crippen LogP contribution in [0.4, 0.5) is 4.39 Å². The second-order valence-electron chi connectivity index (χ2n) is 4.53. The number of amides is 1. The molecule has 1 N–H and O–H groups in total. The van der Waals surface area contributed by atoms with Crippen LogP contribution in [0.1, 0.15) is 16.7 Å². The SMILES string of the molecule is O=C(Cc1cccc(F)c1)NCc1ccc(CCl)cc1. The summed E-state index contributed by atoms with van der Waals surface area (Å²) in [6.07, 6.45) is 0.178. The molecule has 0 saturated carbocycles. The Morgan fingerprint density at radius 1 is 1.05 bits per heavy atom. The average molecular weight is 292 g/mol. The van der Waals surface area contributed by atoms with Crippen molar-refractivity contribution in [3.63, 3.8) is 0 Å². The van der Waals surface area contributed by atoms with Gasteiger partial charge in [-0.25, -0.2) is 4.39 Å². The highest BCUT2D eigenvalue weighted by Crippen LogP contribution is 2.07. The molecule has 0 aromatic heterocycles. The van der Waals surface area contributed by atoms with E-state index in [2.05, 4.69) is 5.32 Å². The molecule has 104 valence electrons. The molecular formula is C16H15ClFNO. The molecule has 20 heavy (non-hydrogen) atoms. The minimum absolute atomic E-state index is 0.128. The average Bonchev–Trinajstić information content (AvgIpc) is 2.46. The van der Waals surface area contributed by atoms with Gasteiger partial charge in [0.15, 0.2) is 0 Å². The van der Waals surface area contributed by atoms with Crippen molar-refractivity contribution in [3.05, 3.63) is 71.0 Å². The van der Waals surface area contributed by atoms with Crippen molar-refractivity contribution in [3.8, 4) is 0 Å². The number of hydrogen-bond acceptors (Lipinski definition) is 1. The number of hydrogen-bond donors (Lipinski definition) is 1. The number of carbonyl (C=O) groups is 1. The van der Waals surface area contributed by atoms with Gasteiger partial charge in [-0.05, 0) is 28.8 Å². The van der Waals surface area contributed by atoms with Gasteiger partial charge < -0.3 is 5.32 Å². The van der Waals surface area contributed by atoms with E-state index in [9.17, 15) is 9.18 Å². The molecule has 0 aliphatic heterocycles. The van der Waals surface area contributed by atoms with Crippen LogP contribution in [0.2, 0.25) is 0 Å². The Kier molecular flexibility index (Phi) is 5.13. The molecular weight excluding hydrogens is 277 g/mol. The van der Waals surface area contributed by atoms with Crippen molar-refractivity contribution >= 4 is 17.5 Å². The fourth-order valence-corrected chi connectivity index (χ4v) is 2.02. The fourth-order valence-electron chi connectivity index (χ4n) is 1.84. The summed E-state index contributed by atoms with van der Waals surface area (Å²) in [5, 5.41) is 2.81. The Morgan fingerprint density at radius 3 is 2.40 bits per heavy atom. The van der Waals surface area contributed by atoms with Crippen molar-refractivity contribution < 1.29 is 9.18 Å². The molecule has 2 nitrogen and oxygen atoms in total. The third-order valence-corrected chi connectivity index (χ3v) is 3.23. The van der Waals surface area contributed by atoms with Gasteiger partial charge in [-0.1, -0.05) is 36.4 Å². The zero-order valence-corrected chi connectivity index (χ0v) is 11.7. The van der Waals surface area contributed by atoms with Crippen molar-refractivity contribution in [1.29, 1.82) is 0 Å². The van der Waals surface area contributed by atoms with Gasteiger partial charge in [-0.3, -0.25) is 4.79 Å². The van der Waals surface area contributed by atoms with E-state index < -0.39 is 0 Å². The zero-order valence-electron chi connectivity index (χ0n) is 10.9. The van der Waals surface area contributed by atoms with Crippen LogP contribution in [0.5, 0.6) is 0 Å². The molecule has 0 heterocycles. The van der Waals surface area contributed by atoms with Gasteiger partial charge in [-0.15, -0.1) is 11.6 Å². The minimum Gasteiger partial charge on any atom is -0.352 e. The van der Waals surface area contributed by atoms with Crippen LogP contribution >= 0.6 is 11.6 Å². The monoisotopic (exact) mass is 291 g/mol. The second kappa shape index (κ2) is 7.06. The maximum absolute atomic E-state index is 13.0. The molecule has 1 amide bonds. The topological polar surface area (TPSA) is 29.1 Å². The highest BCUT2D eigenvalue weighted by Gasteiger charge is 2.04. The summed E-state index contributed by atoms with van der Waals surface area (Å²) in [4.78, 5) is 11.8. The molecule has 2 aromatic rings. The Hall–Kier alpha value is -1.87. The first kappa shape index (κ1) is 14.5. The van der Waals surface area contributed by atoms with E-state index in [0.29, 0.717) is 18.0 Å². The molecule has 0 bridgehead atoms. The summed E-state index contributed by atoms with van der Waals surface area (Å²) in [5.41, 5.74) is 2.72. The van der Waals surface area contributed by atoms with Crippen LogP contribution in [-0.2, 0) is 23.6 Å². The molecule has 2 rings (SSSR count). The summed E-state index contributed by atoms with van der Waals surface area (Å²) in [6.45, 7) is 0.455. The largest absolute Gasteiger partial charge is 0.352 e. The maximum Gasteiger partial charge on any atom is 0.224 e. The van der Waals surface area contributed by atoms with Crippen LogP contribution in [0, 0.1) is 5.82 Å². The Bertz CT molecular complexity index is 583. The van der Waals surface area contributed by atoms with Gasteiger partial charge in [0.1, 0.15) is 5.82 Å². The quantitative estimate of drug-likeness (QED) is 0.840. The normalized spacial score (nSPS) is 10.3. The van der Waals surface area contributed by atoms with Gasteiger partial charge in [-0.2, -0.15) is 0 Å². The highest BCUT2D eigenvalue weighted by atomic mass is 35.5. The summed E-state index contributed by atoms with van der Waals surface area (Å²) in [6, 6.07) is 13.8. The molecule has 0 saturated heterocycles. The molecule has 0 aliphatic rings. The second-order valence-corrected chi connectivity index (χ2v) is 4.80. The molecule has 0 fully saturated rings. The van der Waals surface area contributed by atoms with E-state index in [1.807, 2.05) is 24.3 Å². The van der Waals surface area contributed by atoms with E-state index in [0.717, 1.165) is 11.1 Å².